The molecule has 2 amide bonds. The zero-order valence-corrected chi connectivity index (χ0v) is 16.9. The molecule has 8 nitrogen and oxygen atoms in total. The molecule has 4 N–H and O–H groups in total. The van der Waals surface area contributed by atoms with Crippen molar-refractivity contribution in [2.24, 2.45) is 5.73 Å². The monoisotopic (exact) mass is 401 g/mol. The van der Waals surface area contributed by atoms with Crippen LogP contribution in [0, 0.1) is 0 Å². The van der Waals surface area contributed by atoms with Crippen LogP contribution in [0.15, 0.2) is 36.4 Å². The molecule has 0 radical (unpaired) electrons. The van der Waals surface area contributed by atoms with Gasteiger partial charge in [-0.1, -0.05) is 12.1 Å². The highest BCUT2D eigenvalue weighted by Gasteiger charge is 2.17. The third kappa shape index (κ3) is 5.86. The molecule has 0 saturated heterocycles. The molecular weight excluding hydrogens is 374 g/mol. The number of rotatable bonds is 10. The van der Waals surface area contributed by atoms with Gasteiger partial charge >= 0.3 is 0 Å². The van der Waals surface area contributed by atoms with E-state index >= 15 is 0 Å². The second-order valence-corrected chi connectivity index (χ2v) is 6.19. The molecule has 0 aliphatic carbocycles. The molecule has 0 aliphatic rings. The lowest BCUT2D eigenvalue weighted by Crippen LogP contribution is -2.26. The molecule has 0 saturated carbocycles. The molecule has 0 fully saturated rings. The van der Waals surface area contributed by atoms with Gasteiger partial charge in [-0.05, 0) is 42.8 Å². The van der Waals surface area contributed by atoms with Gasteiger partial charge in [-0.2, -0.15) is 0 Å². The third-order valence-electron chi connectivity index (χ3n) is 4.26. The maximum Gasteiger partial charge on any atom is 0.251 e. The third-order valence-corrected chi connectivity index (χ3v) is 4.26. The van der Waals surface area contributed by atoms with Gasteiger partial charge < -0.3 is 30.6 Å². The predicted molar refractivity (Wildman–Crippen MR) is 110 cm³/mol. The minimum Gasteiger partial charge on any atom is -0.493 e. The smallest absolute Gasteiger partial charge is 0.251 e. The summed E-state index contributed by atoms with van der Waals surface area (Å²) >= 11 is 0. The zero-order valence-electron chi connectivity index (χ0n) is 16.9. The van der Waals surface area contributed by atoms with Crippen molar-refractivity contribution in [2.45, 2.75) is 13.0 Å². The number of amides is 2. The molecule has 29 heavy (non-hydrogen) atoms. The van der Waals surface area contributed by atoms with Gasteiger partial charge in [0.2, 0.25) is 5.75 Å². The van der Waals surface area contributed by atoms with Crippen LogP contribution in [0.3, 0.4) is 0 Å². The summed E-state index contributed by atoms with van der Waals surface area (Å²) < 4.78 is 15.8. The normalized spacial score (nSPS) is 10.2. The van der Waals surface area contributed by atoms with E-state index in [-0.39, 0.29) is 11.8 Å². The molecule has 0 aromatic heterocycles. The van der Waals surface area contributed by atoms with Crippen LogP contribution >= 0.6 is 0 Å². The summed E-state index contributed by atoms with van der Waals surface area (Å²) in [6.45, 7) is 1.39. The molecule has 0 spiro atoms. The van der Waals surface area contributed by atoms with Crippen LogP contribution in [0.4, 0.5) is 0 Å². The topological polar surface area (TPSA) is 112 Å². The van der Waals surface area contributed by atoms with Gasteiger partial charge in [0, 0.05) is 24.2 Å². The highest BCUT2D eigenvalue weighted by atomic mass is 16.5. The van der Waals surface area contributed by atoms with E-state index in [9.17, 15) is 9.59 Å². The predicted octanol–water partition coefficient (Wildman–Crippen LogP) is 1.72. The summed E-state index contributed by atoms with van der Waals surface area (Å²) in [4.78, 5) is 24.5. The van der Waals surface area contributed by atoms with Crippen LogP contribution in [0.2, 0.25) is 0 Å². The lowest BCUT2D eigenvalue weighted by molar-refractivity contribution is 0.0942. The lowest BCUT2D eigenvalue weighted by atomic mass is 10.1. The van der Waals surface area contributed by atoms with Gasteiger partial charge in [0.1, 0.15) is 0 Å². The molecule has 0 unspecified atom stereocenters. The minimum absolute atomic E-state index is 0.147. The Morgan fingerprint density at radius 1 is 0.862 bits per heavy atom. The second-order valence-electron chi connectivity index (χ2n) is 6.19. The van der Waals surface area contributed by atoms with Crippen LogP contribution in [-0.2, 0) is 6.54 Å². The maximum absolute atomic E-state index is 12.5. The molecule has 0 atom stereocenters. The van der Waals surface area contributed by atoms with E-state index in [1.807, 2.05) is 0 Å². The van der Waals surface area contributed by atoms with Gasteiger partial charge in [0.05, 0.1) is 21.3 Å². The second kappa shape index (κ2) is 10.9. The Balaban J connectivity index is 2.01. The van der Waals surface area contributed by atoms with Gasteiger partial charge in [0.25, 0.3) is 11.8 Å². The summed E-state index contributed by atoms with van der Waals surface area (Å²) in [5.74, 6) is 0.801. The Kier molecular flexibility index (Phi) is 8.29. The fourth-order valence-electron chi connectivity index (χ4n) is 2.68. The summed E-state index contributed by atoms with van der Waals surface area (Å²) in [7, 11) is 4.49. The van der Waals surface area contributed by atoms with Crippen molar-refractivity contribution in [3.63, 3.8) is 0 Å². The van der Waals surface area contributed by atoms with E-state index in [0.29, 0.717) is 48.0 Å². The molecule has 2 aromatic rings. The van der Waals surface area contributed by atoms with Crippen molar-refractivity contribution in [3.8, 4) is 17.2 Å². The van der Waals surface area contributed by atoms with E-state index in [1.165, 1.54) is 21.3 Å². The maximum atomic E-state index is 12.5. The zero-order chi connectivity index (χ0) is 21.2. The molecule has 0 aliphatic heterocycles. The van der Waals surface area contributed by atoms with Gasteiger partial charge in [-0.15, -0.1) is 0 Å². The summed E-state index contributed by atoms with van der Waals surface area (Å²) in [6, 6.07) is 10.2. The van der Waals surface area contributed by atoms with Crippen LogP contribution < -0.4 is 30.6 Å². The number of carbonyl (C=O) groups is 2. The molecular formula is C21H27N3O5. The Bertz CT molecular complexity index is 812. The number of nitrogens with one attached hydrogen (secondary N) is 2. The summed E-state index contributed by atoms with van der Waals surface area (Å²) in [5.41, 5.74) is 7.22. The van der Waals surface area contributed by atoms with Crippen LogP contribution in [0.25, 0.3) is 0 Å². The number of hydrogen-bond acceptors (Lipinski definition) is 6. The van der Waals surface area contributed by atoms with Crippen LogP contribution in [0.1, 0.15) is 32.7 Å². The first kappa shape index (κ1) is 22.0. The standard InChI is InChI=1S/C21H27N3O5/c1-27-17-11-16(12-18(28-2)19(17)29-3)21(26)24-13-14-5-7-15(8-6-14)20(25)23-10-4-9-22/h5-8,11-12H,4,9-10,13,22H2,1-3H3,(H,23,25)(H,24,26). The number of benzene rings is 2. The molecule has 0 heterocycles. The molecule has 2 rings (SSSR count). The first-order chi connectivity index (χ1) is 14.0. The lowest BCUT2D eigenvalue weighted by Gasteiger charge is -2.14. The van der Waals surface area contributed by atoms with Crippen molar-refractivity contribution in [1.29, 1.82) is 0 Å². The van der Waals surface area contributed by atoms with Crippen molar-refractivity contribution in [2.75, 3.05) is 34.4 Å². The van der Waals surface area contributed by atoms with E-state index in [0.717, 1.165) is 12.0 Å². The summed E-state index contributed by atoms with van der Waals surface area (Å²) in [5, 5.41) is 5.64. The van der Waals surface area contributed by atoms with Gasteiger partial charge in [0.15, 0.2) is 11.5 Å². The first-order valence-corrected chi connectivity index (χ1v) is 9.19. The summed E-state index contributed by atoms with van der Waals surface area (Å²) in [6.07, 6.45) is 0.733. The molecule has 0 bridgehead atoms. The first-order valence-electron chi connectivity index (χ1n) is 9.19. The van der Waals surface area contributed by atoms with Gasteiger partial charge in [-0.25, -0.2) is 0 Å². The molecule has 156 valence electrons. The van der Waals surface area contributed by atoms with E-state index in [1.54, 1.807) is 36.4 Å². The highest BCUT2D eigenvalue weighted by molar-refractivity contribution is 5.96. The number of nitrogens with two attached hydrogens (primary N) is 1. The molecule has 2 aromatic carbocycles. The Morgan fingerprint density at radius 3 is 1.97 bits per heavy atom. The Hall–Kier alpha value is -3.26. The number of carbonyl (C=O) groups excluding carboxylic acids is 2. The molecule has 8 heteroatoms. The van der Waals surface area contributed by atoms with Gasteiger partial charge in [-0.3, -0.25) is 9.59 Å². The van der Waals surface area contributed by atoms with Crippen LogP contribution in [0.5, 0.6) is 17.2 Å². The van der Waals surface area contributed by atoms with E-state index in [4.69, 9.17) is 19.9 Å². The number of ether oxygens (including phenoxy) is 3. The average molecular weight is 401 g/mol. The van der Waals surface area contributed by atoms with E-state index in [2.05, 4.69) is 10.6 Å². The van der Waals surface area contributed by atoms with Crippen molar-refractivity contribution < 1.29 is 23.8 Å². The average Bonchev–Trinajstić information content (AvgIpc) is 2.76. The van der Waals surface area contributed by atoms with Crippen molar-refractivity contribution in [1.82, 2.24) is 10.6 Å². The quantitative estimate of drug-likeness (QED) is 0.523. The number of methoxy groups -OCH3 is 3. The largest absolute Gasteiger partial charge is 0.493 e. The fraction of sp³-hybridized carbons (Fsp3) is 0.333. The number of hydrogen-bond donors (Lipinski definition) is 3. The van der Waals surface area contributed by atoms with Crippen molar-refractivity contribution in [3.05, 3.63) is 53.1 Å². The van der Waals surface area contributed by atoms with Crippen LogP contribution in [-0.4, -0.2) is 46.2 Å². The highest BCUT2D eigenvalue weighted by Crippen LogP contribution is 2.38. The minimum atomic E-state index is -0.284. The van der Waals surface area contributed by atoms with E-state index < -0.39 is 0 Å². The Morgan fingerprint density at radius 2 is 1.45 bits per heavy atom. The van der Waals surface area contributed by atoms with Crippen molar-refractivity contribution >= 4 is 11.8 Å². The Labute approximate surface area is 170 Å². The fourth-order valence-corrected chi connectivity index (χ4v) is 2.68. The SMILES string of the molecule is COc1cc(C(=O)NCc2ccc(C(=O)NCCCN)cc2)cc(OC)c1OC.